The molecule has 0 saturated carbocycles. The maximum atomic E-state index is 12.4. The lowest BCUT2D eigenvalue weighted by Crippen LogP contribution is -2.33. The van der Waals surface area contributed by atoms with E-state index in [1.54, 1.807) is 6.07 Å². The quantitative estimate of drug-likeness (QED) is 0.319. The number of methoxy groups -OCH3 is 1. The van der Waals surface area contributed by atoms with Gasteiger partial charge in [-0.2, -0.15) is 0 Å². The molecule has 0 bridgehead atoms. The van der Waals surface area contributed by atoms with Crippen LogP contribution < -0.4 is 15.4 Å². The molecule has 0 aliphatic carbocycles. The molecule has 0 radical (unpaired) electrons. The summed E-state index contributed by atoms with van der Waals surface area (Å²) >= 11 is 5.30. The van der Waals surface area contributed by atoms with Crippen molar-refractivity contribution in [3.8, 4) is 11.5 Å². The van der Waals surface area contributed by atoms with Gasteiger partial charge in [-0.05, 0) is 35.8 Å². The molecular formula is C21H20N2O4S. The Bertz CT molecular complexity index is 1000. The first-order chi connectivity index (χ1) is 13.6. The molecular weight excluding hydrogens is 376 g/mol. The number of ether oxygens (including phenoxy) is 2. The number of ketones is 1. The molecule has 7 heteroatoms. The predicted octanol–water partition coefficient (Wildman–Crippen LogP) is 3.70. The van der Waals surface area contributed by atoms with Crippen LogP contribution in [0.25, 0.3) is 10.8 Å². The molecule has 0 heterocycles. The van der Waals surface area contributed by atoms with Crippen molar-refractivity contribution in [2.45, 2.75) is 0 Å². The summed E-state index contributed by atoms with van der Waals surface area (Å²) in [6.07, 6.45) is 0. The number of rotatable bonds is 7. The molecule has 144 valence electrons. The first-order valence-electron chi connectivity index (χ1n) is 8.59. The lowest BCUT2D eigenvalue weighted by atomic mass is 10.1. The van der Waals surface area contributed by atoms with Gasteiger partial charge in [-0.15, -0.1) is 0 Å². The minimum atomic E-state index is -0.294. The van der Waals surface area contributed by atoms with Crippen LogP contribution in [0.5, 0.6) is 11.5 Å². The molecule has 0 unspecified atom stereocenters. The van der Waals surface area contributed by atoms with Gasteiger partial charge in [-0.1, -0.05) is 36.4 Å². The Hall–Kier alpha value is -3.16. The molecule has 6 nitrogen and oxygen atoms in total. The lowest BCUT2D eigenvalue weighted by molar-refractivity contribution is 0.0510. The van der Waals surface area contributed by atoms with Gasteiger partial charge in [-0.3, -0.25) is 4.79 Å². The van der Waals surface area contributed by atoms with Gasteiger partial charge in [0.2, 0.25) is 0 Å². The van der Waals surface area contributed by atoms with Crippen LogP contribution in [0.15, 0.2) is 60.7 Å². The fraction of sp³-hybridized carbons (Fsp3) is 0.143. The summed E-state index contributed by atoms with van der Waals surface area (Å²) in [5.74, 6) is -0.0387. The van der Waals surface area contributed by atoms with Crippen molar-refractivity contribution in [1.29, 1.82) is 0 Å². The van der Waals surface area contributed by atoms with Crippen molar-refractivity contribution >= 4 is 39.6 Å². The van der Waals surface area contributed by atoms with Gasteiger partial charge < -0.3 is 25.2 Å². The molecule has 0 aromatic heterocycles. The number of benzene rings is 3. The third-order valence-electron chi connectivity index (χ3n) is 4.06. The smallest absolute Gasteiger partial charge is 0.188 e. The van der Waals surface area contributed by atoms with Crippen LogP contribution in [-0.4, -0.2) is 36.4 Å². The highest BCUT2D eigenvalue weighted by atomic mass is 32.1. The predicted molar refractivity (Wildman–Crippen MR) is 113 cm³/mol. The van der Waals surface area contributed by atoms with E-state index in [-0.39, 0.29) is 30.4 Å². The van der Waals surface area contributed by atoms with E-state index < -0.39 is 0 Å². The SMILES string of the molecule is COCOc1ccc(C(=O)CNC(=S)Nc2cccc3ccccc23)c(O)c1. The van der Waals surface area contributed by atoms with Crippen LogP contribution in [0.1, 0.15) is 10.4 Å². The van der Waals surface area contributed by atoms with Crippen LogP contribution in [0.3, 0.4) is 0 Å². The van der Waals surface area contributed by atoms with Gasteiger partial charge in [0.1, 0.15) is 11.5 Å². The van der Waals surface area contributed by atoms with E-state index in [1.807, 2.05) is 42.5 Å². The number of hydrogen-bond donors (Lipinski definition) is 3. The molecule has 0 aliphatic rings. The molecule has 0 saturated heterocycles. The lowest BCUT2D eigenvalue weighted by Gasteiger charge is -2.13. The molecule has 0 fully saturated rings. The Labute approximate surface area is 168 Å². The second kappa shape index (κ2) is 9.16. The van der Waals surface area contributed by atoms with E-state index >= 15 is 0 Å². The third-order valence-corrected chi connectivity index (χ3v) is 4.31. The monoisotopic (exact) mass is 396 g/mol. The highest BCUT2D eigenvalue weighted by Gasteiger charge is 2.13. The zero-order valence-electron chi connectivity index (χ0n) is 15.3. The Morgan fingerprint density at radius 1 is 1.11 bits per heavy atom. The van der Waals surface area contributed by atoms with Crippen molar-refractivity contribution < 1.29 is 19.4 Å². The van der Waals surface area contributed by atoms with Gasteiger partial charge in [0.25, 0.3) is 0 Å². The van der Waals surface area contributed by atoms with Crippen LogP contribution in [-0.2, 0) is 4.74 Å². The molecule has 3 aromatic carbocycles. The number of hydrogen-bond acceptors (Lipinski definition) is 5. The molecule has 0 spiro atoms. The highest BCUT2D eigenvalue weighted by Crippen LogP contribution is 2.24. The van der Waals surface area contributed by atoms with E-state index in [4.69, 9.17) is 21.7 Å². The van der Waals surface area contributed by atoms with Crippen LogP contribution in [0.4, 0.5) is 5.69 Å². The number of carbonyl (C=O) groups excluding carboxylic acids is 1. The molecule has 0 amide bonds. The maximum Gasteiger partial charge on any atom is 0.188 e. The van der Waals surface area contributed by atoms with Crippen molar-refractivity contribution in [1.82, 2.24) is 5.32 Å². The topological polar surface area (TPSA) is 79.8 Å². The summed E-state index contributed by atoms with van der Waals surface area (Å²) in [7, 11) is 1.50. The molecule has 3 rings (SSSR count). The molecule has 3 N–H and O–H groups in total. The van der Waals surface area contributed by atoms with Crippen molar-refractivity contribution in [3.05, 3.63) is 66.2 Å². The van der Waals surface area contributed by atoms with Crippen LogP contribution >= 0.6 is 12.2 Å². The summed E-state index contributed by atoms with van der Waals surface area (Å²) in [4.78, 5) is 12.4. The Morgan fingerprint density at radius 3 is 2.68 bits per heavy atom. The molecule has 0 atom stereocenters. The fourth-order valence-corrected chi connectivity index (χ4v) is 2.90. The number of nitrogens with one attached hydrogen (secondary N) is 2. The van der Waals surface area contributed by atoms with E-state index in [0.29, 0.717) is 10.9 Å². The molecule has 0 aliphatic heterocycles. The standard InChI is InChI=1S/C21H20N2O4S/c1-26-13-27-15-9-10-17(19(24)11-15)20(25)12-22-21(28)23-18-8-4-6-14-5-2-3-7-16(14)18/h2-11,24H,12-13H2,1H3,(H2,22,23,28). The highest BCUT2D eigenvalue weighted by molar-refractivity contribution is 7.80. The summed E-state index contributed by atoms with van der Waals surface area (Å²) in [6.45, 7) is 0.00479. The summed E-state index contributed by atoms with van der Waals surface area (Å²) in [6, 6.07) is 18.3. The third kappa shape index (κ3) is 4.76. The van der Waals surface area contributed by atoms with Crippen molar-refractivity contribution in [2.24, 2.45) is 0 Å². The number of phenols is 1. The number of phenolic OH excluding ortho intramolecular Hbond substituents is 1. The van der Waals surface area contributed by atoms with Crippen molar-refractivity contribution in [3.63, 3.8) is 0 Å². The zero-order chi connectivity index (χ0) is 19.9. The first-order valence-corrected chi connectivity index (χ1v) is 9.00. The van der Waals surface area contributed by atoms with Crippen molar-refractivity contribution in [2.75, 3.05) is 25.8 Å². The van der Waals surface area contributed by atoms with Crippen LogP contribution in [0.2, 0.25) is 0 Å². The first kappa shape index (κ1) is 19.6. The molecule has 28 heavy (non-hydrogen) atoms. The van der Waals surface area contributed by atoms with E-state index in [0.717, 1.165) is 16.5 Å². The number of anilines is 1. The average Bonchev–Trinajstić information content (AvgIpc) is 2.71. The van der Waals surface area contributed by atoms with E-state index in [9.17, 15) is 9.90 Å². The number of aromatic hydroxyl groups is 1. The van der Waals surface area contributed by atoms with Gasteiger partial charge in [-0.25, -0.2) is 0 Å². The summed E-state index contributed by atoms with van der Waals surface area (Å²) in [5, 5.41) is 18.5. The second-order valence-electron chi connectivity index (χ2n) is 5.99. The van der Waals surface area contributed by atoms with Gasteiger partial charge in [0, 0.05) is 24.2 Å². The van der Waals surface area contributed by atoms with Gasteiger partial charge in [0.05, 0.1) is 12.1 Å². The fourth-order valence-electron chi connectivity index (χ4n) is 2.72. The minimum Gasteiger partial charge on any atom is -0.507 e. The number of fused-ring (bicyclic) bond motifs is 1. The summed E-state index contributed by atoms with van der Waals surface area (Å²) in [5.41, 5.74) is 1.04. The Kier molecular flexibility index (Phi) is 6.41. The number of thiocarbonyl (C=S) groups is 1. The zero-order valence-corrected chi connectivity index (χ0v) is 16.1. The normalized spacial score (nSPS) is 10.5. The minimum absolute atomic E-state index is 0.0531. The van der Waals surface area contributed by atoms with Gasteiger partial charge in [0.15, 0.2) is 17.7 Å². The van der Waals surface area contributed by atoms with Gasteiger partial charge >= 0.3 is 0 Å². The van der Waals surface area contributed by atoms with E-state index in [1.165, 1.54) is 19.2 Å². The maximum absolute atomic E-state index is 12.4. The average molecular weight is 396 g/mol. The molecule has 3 aromatic rings. The number of carbonyl (C=O) groups is 1. The van der Waals surface area contributed by atoms with Crippen LogP contribution in [0, 0.1) is 0 Å². The second-order valence-corrected chi connectivity index (χ2v) is 6.40. The largest absolute Gasteiger partial charge is 0.507 e. The van der Waals surface area contributed by atoms with E-state index in [2.05, 4.69) is 10.6 Å². The Morgan fingerprint density at radius 2 is 1.89 bits per heavy atom. The number of Topliss-reactive ketones (excluding diaryl/α,β-unsaturated/α-hetero) is 1. The summed E-state index contributed by atoms with van der Waals surface area (Å²) < 4.78 is 10.0. The Balaban J connectivity index is 1.60.